The Morgan fingerprint density at radius 2 is 1.70 bits per heavy atom. The minimum atomic E-state index is -0.512. The van der Waals surface area contributed by atoms with E-state index in [0.29, 0.717) is 12.1 Å². The maximum absolute atomic E-state index is 14.4. The Morgan fingerprint density at radius 3 is 2.35 bits per heavy atom. The van der Waals surface area contributed by atoms with Crippen molar-refractivity contribution in [2.24, 2.45) is 0 Å². The van der Waals surface area contributed by atoms with Crippen LogP contribution in [-0.4, -0.2) is 6.54 Å². The van der Waals surface area contributed by atoms with Gasteiger partial charge in [0, 0.05) is 5.56 Å². The third kappa shape index (κ3) is 2.73. The summed E-state index contributed by atoms with van der Waals surface area (Å²) >= 11 is 0. The molecule has 2 aromatic carbocycles. The molecule has 2 rings (SSSR count). The molecule has 1 N–H and O–H groups in total. The molecule has 0 aromatic heterocycles. The molecule has 0 aliphatic carbocycles. The lowest BCUT2D eigenvalue weighted by molar-refractivity contribution is 0.505. The van der Waals surface area contributed by atoms with Crippen molar-refractivity contribution in [2.75, 3.05) is 6.54 Å². The molecule has 0 spiro atoms. The van der Waals surface area contributed by atoms with Gasteiger partial charge in [-0.05, 0) is 43.1 Å². The Bertz CT molecular complexity index is 608. The van der Waals surface area contributed by atoms with Crippen LogP contribution >= 0.6 is 0 Å². The van der Waals surface area contributed by atoms with Crippen molar-refractivity contribution in [3.05, 3.63) is 70.3 Å². The van der Waals surface area contributed by atoms with Gasteiger partial charge in [-0.25, -0.2) is 8.78 Å². The number of nitrogens with one attached hydrogen (secondary N) is 1. The maximum Gasteiger partial charge on any atom is 0.134 e. The van der Waals surface area contributed by atoms with E-state index >= 15 is 0 Å². The second-order valence-corrected chi connectivity index (χ2v) is 4.94. The van der Waals surface area contributed by atoms with Gasteiger partial charge in [-0.3, -0.25) is 0 Å². The number of benzene rings is 2. The second-order valence-electron chi connectivity index (χ2n) is 4.94. The van der Waals surface area contributed by atoms with Gasteiger partial charge in [-0.2, -0.15) is 0 Å². The number of rotatable bonds is 4. The normalized spacial score (nSPS) is 12.4. The van der Waals surface area contributed by atoms with Crippen molar-refractivity contribution in [1.29, 1.82) is 0 Å². The van der Waals surface area contributed by atoms with Crippen molar-refractivity contribution < 1.29 is 8.78 Å². The highest BCUT2D eigenvalue weighted by molar-refractivity contribution is 5.39. The molecular weight excluding hydrogens is 256 g/mol. The SMILES string of the molecule is CCNC(c1ccccc1C)c1c(F)ccc(C)c1F. The van der Waals surface area contributed by atoms with Crippen LogP contribution in [0.15, 0.2) is 36.4 Å². The highest BCUT2D eigenvalue weighted by atomic mass is 19.1. The molecule has 0 amide bonds. The van der Waals surface area contributed by atoms with Gasteiger partial charge in [0.25, 0.3) is 0 Å². The molecule has 0 heterocycles. The molecule has 106 valence electrons. The maximum atomic E-state index is 14.4. The van der Waals surface area contributed by atoms with E-state index in [4.69, 9.17) is 0 Å². The van der Waals surface area contributed by atoms with Crippen LogP contribution in [0, 0.1) is 25.5 Å². The fourth-order valence-electron chi connectivity index (χ4n) is 2.43. The fourth-order valence-corrected chi connectivity index (χ4v) is 2.43. The summed E-state index contributed by atoms with van der Waals surface area (Å²) in [6.45, 7) is 6.16. The van der Waals surface area contributed by atoms with Crippen LogP contribution in [0.25, 0.3) is 0 Å². The molecule has 3 heteroatoms. The van der Waals surface area contributed by atoms with Crippen molar-refractivity contribution in [1.82, 2.24) is 5.32 Å². The van der Waals surface area contributed by atoms with Crippen molar-refractivity contribution in [2.45, 2.75) is 26.8 Å². The number of hydrogen-bond acceptors (Lipinski definition) is 1. The molecule has 1 unspecified atom stereocenters. The first kappa shape index (κ1) is 14.7. The molecule has 20 heavy (non-hydrogen) atoms. The molecule has 1 atom stereocenters. The summed E-state index contributed by atoms with van der Waals surface area (Å²) in [7, 11) is 0. The lowest BCUT2D eigenvalue weighted by atomic mass is 9.93. The predicted octanol–water partition coefficient (Wildman–Crippen LogP) is 4.28. The highest BCUT2D eigenvalue weighted by Gasteiger charge is 2.23. The van der Waals surface area contributed by atoms with E-state index in [-0.39, 0.29) is 5.56 Å². The standard InChI is InChI=1S/C17H19F2N/c1-4-20-17(13-8-6-5-7-11(13)2)15-14(18)10-9-12(3)16(15)19/h5-10,17,20H,4H2,1-3H3. The zero-order valence-electron chi connectivity index (χ0n) is 12.0. The van der Waals surface area contributed by atoms with E-state index < -0.39 is 17.7 Å². The molecule has 0 fully saturated rings. The van der Waals surface area contributed by atoms with Crippen molar-refractivity contribution in [3.63, 3.8) is 0 Å². The van der Waals surface area contributed by atoms with Crippen LogP contribution < -0.4 is 5.32 Å². The quantitative estimate of drug-likeness (QED) is 0.878. The van der Waals surface area contributed by atoms with Gasteiger partial charge in [0.1, 0.15) is 11.6 Å². The fraction of sp³-hybridized carbons (Fsp3) is 0.294. The number of hydrogen-bond donors (Lipinski definition) is 1. The largest absolute Gasteiger partial charge is 0.306 e. The average Bonchev–Trinajstić information content (AvgIpc) is 2.43. The molecule has 0 radical (unpaired) electrons. The van der Waals surface area contributed by atoms with E-state index in [0.717, 1.165) is 11.1 Å². The van der Waals surface area contributed by atoms with Gasteiger partial charge in [0.15, 0.2) is 0 Å². The van der Waals surface area contributed by atoms with Crippen LogP contribution in [0.2, 0.25) is 0 Å². The monoisotopic (exact) mass is 275 g/mol. The van der Waals surface area contributed by atoms with Gasteiger partial charge < -0.3 is 5.32 Å². The Balaban J connectivity index is 2.61. The van der Waals surface area contributed by atoms with Gasteiger partial charge >= 0.3 is 0 Å². The van der Waals surface area contributed by atoms with E-state index in [1.165, 1.54) is 12.1 Å². The van der Waals surface area contributed by atoms with E-state index in [1.807, 2.05) is 38.1 Å². The summed E-state index contributed by atoms with van der Waals surface area (Å²) < 4.78 is 28.5. The summed E-state index contributed by atoms with van der Waals surface area (Å²) in [5.74, 6) is -0.985. The third-order valence-corrected chi connectivity index (χ3v) is 3.52. The third-order valence-electron chi connectivity index (χ3n) is 3.52. The summed E-state index contributed by atoms with van der Waals surface area (Å²) in [6, 6.07) is 9.99. The molecule has 0 saturated heterocycles. The van der Waals surface area contributed by atoms with Crippen LogP contribution in [0.1, 0.15) is 35.2 Å². The predicted molar refractivity (Wildman–Crippen MR) is 77.8 cm³/mol. The summed E-state index contributed by atoms with van der Waals surface area (Å²) in [5.41, 5.74) is 2.47. The minimum absolute atomic E-state index is 0.0983. The zero-order chi connectivity index (χ0) is 14.7. The molecular formula is C17H19F2N. The van der Waals surface area contributed by atoms with Crippen molar-refractivity contribution >= 4 is 0 Å². The van der Waals surface area contributed by atoms with Crippen LogP contribution in [0.3, 0.4) is 0 Å². The highest BCUT2D eigenvalue weighted by Crippen LogP contribution is 2.30. The summed E-state index contributed by atoms with van der Waals surface area (Å²) in [5, 5.41) is 3.18. The first-order chi connectivity index (χ1) is 9.56. The summed E-state index contributed by atoms with van der Waals surface area (Å²) in [4.78, 5) is 0. The lowest BCUT2D eigenvalue weighted by Crippen LogP contribution is -2.25. The molecule has 0 saturated carbocycles. The van der Waals surface area contributed by atoms with Crippen LogP contribution in [0.4, 0.5) is 8.78 Å². The zero-order valence-corrected chi connectivity index (χ0v) is 12.0. The topological polar surface area (TPSA) is 12.0 Å². The molecule has 0 bridgehead atoms. The van der Waals surface area contributed by atoms with Gasteiger partial charge in [0.05, 0.1) is 6.04 Å². The molecule has 0 aliphatic heterocycles. The second kappa shape index (κ2) is 6.14. The van der Waals surface area contributed by atoms with Gasteiger partial charge in [-0.15, -0.1) is 0 Å². The van der Waals surface area contributed by atoms with Gasteiger partial charge in [-0.1, -0.05) is 37.3 Å². The lowest BCUT2D eigenvalue weighted by Gasteiger charge is -2.22. The number of aryl methyl sites for hydroxylation is 2. The van der Waals surface area contributed by atoms with Gasteiger partial charge in [0.2, 0.25) is 0 Å². The first-order valence-electron chi connectivity index (χ1n) is 6.79. The molecule has 1 nitrogen and oxygen atoms in total. The Labute approximate surface area is 118 Å². The Morgan fingerprint density at radius 1 is 1.00 bits per heavy atom. The molecule has 0 aliphatic rings. The van der Waals surface area contributed by atoms with E-state index in [2.05, 4.69) is 5.32 Å². The van der Waals surface area contributed by atoms with Crippen LogP contribution in [0.5, 0.6) is 0 Å². The Kier molecular flexibility index (Phi) is 4.50. The average molecular weight is 275 g/mol. The number of halogens is 2. The smallest absolute Gasteiger partial charge is 0.134 e. The Hall–Kier alpha value is -1.74. The van der Waals surface area contributed by atoms with E-state index in [9.17, 15) is 8.78 Å². The van der Waals surface area contributed by atoms with Crippen LogP contribution in [-0.2, 0) is 0 Å². The first-order valence-corrected chi connectivity index (χ1v) is 6.79. The summed E-state index contributed by atoms with van der Waals surface area (Å²) in [6.07, 6.45) is 0. The van der Waals surface area contributed by atoms with E-state index in [1.54, 1.807) is 6.92 Å². The molecule has 2 aromatic rings. The minimum Gasteiger partial charge on any atom is -0.306 e. The van der Waals surface area contributed by atoms with Crippen molar-refractivity contribution in [3.8, 4) is 0 Å².